The summed E-state index contributed by atoms with van der Waals surface area (Å²) in [4.78, 5) is 14.0. The third kappa shape index (κ3) is 4.49. The lowest BCUT2D eigenvalue weighted by molar-refractivity contribution is -0.136. The molecule has 0 saturated heterocycles. The summed E-state index contributed by atoms with van der Waals surface area (Å²) >= 11 is 0. The van der Waals surface area contributed by atoms with Gasteiger partial charge in [0.05, 0.1) is 12.6 Å². The van der Waals surface area contributed by atoms with Crippen LogP contribution in [0.25, 0.3) is 0 Å². The van der Waals surface area contributed by atoms with Crippen LogP contribution >= 0.6 is 0 Å². The fourth-order valence-electron chi connectivity index (χ4n) is 1.43. The average Bonchev–Trinajstić information content (AvgIpc) is 2.27. The monoisotopic (exact) mass is 230 g/mol. The fourth-order valence-corrected chi connectivity index (χ4v) is 1.43. The predicted molar refractivity (Wildman–Crippen MR) is 66.2 cm³/mol. The highest BCUT2D eigenvalue weighted by Crippen LogP contribution is 2.09. The minimum absolute atomic E-state index is 0.0291. The van der Waals surface area contributed by atoms with Crippen molar-refractivity contribution >= 4 is 5.91 Å². The topological polar surface area (TPSA) is 55.6 Å². The highest BCUT2D eigenvalue weighted by molar-refractivity contribution is 5.82. The van der Waals surface area contributed by atoms with E-state index in [0.29, 0.717) is 13.2 Å². The molecule has 2 N–H and O–H groups in total. The first-order valence-corrected chi connectivity index (χ1v) is 6.00. The molecule has 0 radical (unpaired) electrons. The highest BCUT2D eigenvalue weighted by atomic mass is 16.5. The van der Waals surface area contributed by atoms with Gasteiger partial charge in [-0.15, -0.1) is 0 Å². The van der Waals surface area contributed by atoms with Crippen molar-refractivity contribution < 1.29 is 9.53 Å². The maximum absolute atomic E-state index is 12.1. The number of carbonyl (C=O) groups excluding carboxylic acids is 1. The molecule has 0 aromatic carbocycles. The molecule has 1 amide bonds. The van der Waals surface area contributed by atoms with E-state index in [1.807, 2.05) is 25.7 Å². The van der Waals surface area contributed by atoms with Crippen molar-refractivity contribution in [3.8, 4) is 0 Å². The number of nitrogens with zero attached hydrogens (tertiary/aromatic N) is 1. The smallest absolute Gasteiger partial charge is 0.240 e. The molecule has 4 heteroatoms. The Morgan fingerprint density at radius 3 is 2.31 bits per heavy atom. The fraction of sp³-hybridized carbons (Fsp3) is 0.917. The molecular formula is C12H26N2O2. The van der Waals surface area contributed by atoms with Gasteiger partial charge in [0.1, 0.15) is 0 Å². The second kappa shape index (κ2) is 7.63. The number of rotatable bonds is 7. The third-order valence-corrected chi connectivity index (χ3v) is 2.95. The molecule has 96 valence electrons. The summed E-state index contributed by atoms with van der Waals surface area (Å²) in [6.45, 7) is 9.21. The van der Waals surface area contributed by atoms with E-state index in [4.69, 9.17) is 10.5 Å². The molecule has 0 aliphatic heterocycles. The van der Waals surface area contributed by atoms with Crippen LogP contribution in [0.1, 0.15) is 34.1 Å². The van der Waals surface area contributed by atoms with Gasteiger partial charge in [0.15, 0.2) is 0 Å². The molecule has 0 aliphatic rings. The summed E-state index contributed by atoms with van der Waals surface area (Å²) in [7, 11) is 1.64. The normalized spacial score (nSPS) is 14.9. The summed E-state index contributed by atoms with van der Waals surface area (Å²) in [6.07, 6.45) is 0.931. The summed E-state index contributed by atoms with van der Waals surface area (Å²) < 4.78 is 5.02. The van der Waals surface area contributed by atoms with Crippen LogP contribution < -0.4 is 5.73 Å². The second-order valence-electron chi connectivity index (χ2n) is 4.55. The predicted octanol–water partition coefficient (Wildman–Crippen LogP) is 1.24. The van der Waals surface area contributed by atoms with Crippen molar-refractivity contribution in [3.63, 3.8) is 0 Å². The number of methoxy groups -OCH3 is 1. The minimum Gasteiger partial charge on any atom is -0.383 e. The van der Waals surface area contributed by atoms with Crippen LogP contribution in [0.4, 0.5) is 0 Å². The van der Waals surface area contributed by atoms with Gasteiger partial charge in [-0.05, 0) is 19.3 Å². The van der Waals surface area contributed by atoms with Crippen molar-refractivity contribution in [2.75, 3.05) is 20.3 Å². The Hall–Kier alpha value is -0.610. The lowest BCUT2D eigenvalue weighted by Crippen LogP contribution is -2.50. The lowest BCUT2D eigenvalue weighted by atomic mass is 10.0. The van der Waals surface area contributed by atoms with Crippen molar-refractivity contribution in [1.82, 2.24) is 4.90 Å². The molecule has 0 heterocycles. The van der Waals surface area contributed by atoms with Crippen LogP contribution in [0.2, 0.25) is 0 Å². The number of nitrogens with two attached hydrogens (primary N) is 1. The Balaban J connectivity index is 4.54. The molecule has 0 fully saturated rings. The maximum atomic E-state index is 12.1. The Labute approximate surface area is 99.1 Å². The number of hydrogen-bond acceptors (Lipinski definition) is 3. The Kier molecular flexibility index (Phi) is 7.34. The van der Waals surface area contributed by atoms with Gasteiger partial charge >= 0.3 is 0 Å². The first kappa shape index (κ1) is 15.4. The molecule has 0 aliphatic carbocycles. The molecule has 0 saturated carbocycles. The van der Waals surface area contributed by atoms with Gasteiger partial charge < -0.3 is 15.4 Å². The number of carbonyl (C=O) groups is 1. The van der Waals surface area contributed by atoms with E-state index in [1.54, 1.807) is 7.11 Å². The van der Waals surface area contributed by atoms with Crippen molar-refractivity contribution in [2.24, 2.45) is 11.7 Å². The van der Waals surface area contributed by atoms with Gasteiger partial charge in [0.25, 0.3) is 0 Å². The van der Waals surface area contributed by atoms with Crippen molar-refractivity contribution in [3.05, 3.63) is 0 Å². The van der Waals surface area contributed by atoms with Gasteiger partial charge in [0, 0.05) is 19.7 Å². The van der Waals surface area contributed by atoms with E-state index in [2.05, 4.69) is 6.92 Å². The lowest BCUT2D eigenvalue weighted by Gasteiger charge is -2.31. The quantitative estimate of drug-likeness (QED) is 0.716. The second-order valence-corrected chi connectivity index (χ2v) is 4.55. The Morgan fingerprint density at radius 1 is 1.38 bits per heavy atom. The molecule has 4 nitrogen and oxygen atoms in total. The van der Waals surface area contributed by atoms with Crippen LogP contribution in [0.3, 0.4) is 0 Å². The molecular weight excluding hydrogens is 204 g/mol. The molecule has 0 aromatic heterocycles. The van der Waals surface area contributed by atoms with E-state index in [-0.39, 0.29) is 17.9 Å². The SMILES string of the molecule is CCC(C)N(CCOC)C(=O)C(N)C(C)C. The number of ether oxygens (including phenoxy) is 1. The largest absolute Gasteiger partial charge is 0.383 e. The molecule has 0 aromatic rings. The van der Waals surface area contributed by atoms with Crippen molar-refractivity contribution in [1.29, 1.82) is 0 Å². The zero-order chi connectivity index (χ0) is 12.7. The van der Waals surface area contributed by atoms with Crippen LogP contribution in [0.15, 0.2) is 0 Å². The van der Waals surface area contributed by atoms with E-state index >= 15 is 0 Å². The average molecular weight is 230 g/mol. The summed E-state index contributed by atoms with van der Waals surface area (Å²) in [6, 6.07) is -0.196. The van der Waals surface area contributed by atoms with E-state index in [0.717, 1.165) is 6.42 Å². The number of amides is 1. The molecule has 0 spiro atoms. The van der Waals surface area contributed by atoms with Crippen LogP contribution in [0, 0.1) is 5.92 Å². The standard InChI is InChI=1S/C12H26N2O2/c1-6-10(4)14(7-8-16-5)12(15)11(13)9(2)3/h9-11H,6-8,13H2,1-5H3. The summed E-state index contributed by atoms with van der Waals surface area (Å²) in [5, 5.41) is 0. The maximum Gasteiger partial charge on any atom is 0.240 e. The van der Waals surface area contributed by atoms with Gasteiger partial charge in [-0.2, -0.15) is 0 Å². The van der Waals surface area contributed by atoms with Crippen molar-refractivity contribution in [2.45, 2.75) is 46.2 Å². The Morgan fingerprint density at radius 2 is 1.94 bits per heavy atom. The van der Waals surface area contributed by atoms with E-state index in [1.165, 1.54) is 0 Å². The van der Waals surface area contributed by atoms with Crippen LogP contribution in [-0.2, 0) is 9.53 Å². The van der Waals surface area contributed by atoms with Gasteiger partial charge in [-0.25, -0.2) is 0 Å². The number of hydrogen-bond donors (Lipinski definition) is 1. The Bertz CT molecular complexity index is 207. The molecule has 2 atom stereocenters. The zero-order valence-corrected chi connectivity index (χ0v) is 11.2. The van der Waals surface area contributed by atoms with Crippen LogP contribution in [-0.4, -0.2) is 43.2 Å². The van der Waals surface area contributed by atoms with E-state index in [9.17, 15) is 4.79 Å². The molecule has 0 bridgehead atoms. The summed E-state index contributed by atoms with van der Waals surface area (Å²) in [5.41, 5.74) is 5.89. The third-order valence-electron chi connectivity index (χ3n) is 2.95. The highest BCUT2D eigenvalue weighted by Gasteiger charge is 2.25. The van der Waals surface area contributed by atoms with Gasteiger partial charge in [0.2, 0.25) is 5.91 Å². The molecule has 0 rings (SSSR count). The molecule has 16 heavy (non-hydrogen) atoms. The van der Waals surface area contributed by atoms with E-state index < -0.39 is 6.04 Å². The van der Waals surface area contributed by atoms with Gasteiger partial charge in [-0.3, -0.25) is 4.79 Å². The van der Waals surface area contributed by atoms with Gasteiger partial charge in [-0.1, -0.05) is 20.8 Å². The summed E-state index contributed by atoms with van der Waals surface area (Å²) in [5.74, 6) is 0.197. The minimum atomic E-state index is -0.411. The first-order chi connectivity index (χ1) is 7.45. The van der Waals surface area contributed by atoms with Crippen LogP contribution in [0.5, 0.6) is 0 Å². The first-order valence-electron chi connectivity index (χ1n) is 6.00. The zero-order valence-electron chi connectivity index (χ0n) is 11.2. The molecule has 2 unspecified atom stereocenters.